The van der Waals surface area contributed by atoms with Gasteiger partial charge in [-0.25, -0.2) is 0 Å². The van der Waals surface area contributed by atoms with Crippen molar-refractivity contribution in [2.24, 2.45) is 0 Å². The first-order valence-electron chi connectivity index (χ1n) is 6.27. The highest BCUT2D eigenvalue weighted by molar-refractivity contribution is 6.74. The number of unbranched alkanes of at least 4 members (excludes halogenated alkanes) is 4. The molecule has 0 aromatic carbocycles. The maximum Gasteiger partial charge on any atom is 0.191 e. The van der Waals surface area contributed by atoms with Crippen molar-refractivity contribution in [1.82, 2.24) is 0 Å². The highest BCUT2D eigenvalue weighted by Crippen LogP contribution is 2.36. The van der Waals surface area contributed by atoms with Crippen LogP contribution in [-0.4, -0.2) is 14.9 Å². The topological polar surface area (TPSA) is 9.23 Å². The summed E-state index contributed by atoms with van der Waals surface area (Å²) in [6.07, 6.45) is 7.30. The minimum absolute atomic E-state index is 0.347. The van der Waals surface area contributed by atoms with Gasteiger partial charge in [0.2, 0.25) is 0 Å². The van der Waals surface area contributed by atoms with Crippen LogP contribution in [0.3, 0.4) is 0 Å². The van der Waals surface area contributed by atoms with Crippen LogP contribution < -0.4 is 0 Å². The molecule has 0 N–H and O–H groups in total. The molecule has 91 valence electrons. The van der Waals surface area contributed by atoms with Crippen molar-refractivity contribution < 1.29 is 4.43 Å². The van der Waals surface area contributed by atoms with Gasteiger partial charge in [0.1, 0.15) is 0 Å². The first-order chi connectivity index (χ1) is 6.81. The van der Waals surface area contributed by atoms with Gasteiger partial charge in [0, 0.05) is 6.61 Å². The molecule has 0 amide bonds. The van der Waals surface area contributed by atoms with E-state index in [1.54, 1.807) is 0 Å². The van der Waals surface area contributed by atoms with E-state index in [0.29, 0.717) is 5.04 Å². The summed E-state index contributed by atoms with van der Waals surface area (Å²) < 4.78 is 6.09. The van der Waals surface area contributed by atoms with Crippen LogP contribution in [0.15, 0.2) is 0 Å². The SMILES string of the molecule is CCC[CH]CCCO[Si](C)(C)C(C)(C)C. The average Bonchev–Trinajstić information content (AvgIpc) is 2.09. The molecular weight excluding hydrogens is 200 g/mol. The maximum absolute atomic E-state index is 6.09. The molecule has 1 nitrogen and oxygen atoms in total. The molecule has 15 heavy (non-hydrogen) atoms. The van der Waals surface area contributed by atoms with Crippen LogP contribution in [0.1, 0.15) is 53.4 Å². The molecule has 1 radical (unpaired) electrons. The maximum atomic E-state index is 6.09. The Bertz CT molecular complexity index is 158. The Labute approximate surface area is 97.7 Å². The second kappa shape index (κ2) is 6.69. The van der Waals surface area contributed by atoms with E-state index in [4.69, 9.17) is 4.43 Å². The van der Waals surface area contributed by atoms with Crippen molar-refractivity contribution >= 4 is 8.32 Å². The predicted molar refractivity (Wildman–Crippen MR) is 71.6 cm³/mol. The highest BCUT2D eigenvalue weighted by Gasteiger charge is 2.36. The smallest absolute Gasteiger partial charge is 0.191 e. The van der Waals surface area contributed by atoms with Crippen LogP contribution >= 0.6 is 0 Å². The molecule has 0 unspecified atom stereocenters. The quantitative estimate of drug-likeness (QED) is 0.450. The third-order valence-electron chi connectivity index (χ3n) is 3.31. The first kappa shape index (κ1) is 15.2. The van der Waals surface area contributed by atoms with E-state index in [0.717, 1.165) is 6.61 Å². The van der Waals surface area contributed by atoms with Crippen molar-refractivity contribution in [2.45, 2.75) is 71.5 Å². The standard InChI is InChI=1S/C13H29OSi/c1-7-8-9-10-11-12-14-15(5,6)13(2,3)4/h9H,7-8,10-12H2,1-6H3. The second-order valence-electron chi connectivity index (χ2n) is 5.83. The van der Waals surface area contributed by atoms with Crippen LogP contribution in [0.25, 0.3) is 0 Å². The molecule has 0 spiro atoms. The van der Waals surface area contributed by atoms with Gasteiger partial charge in [-0.3, -0.25) is 0 Å². The largest absolute Gasteiger partial charge is 0.417 e. The highest BCUT2D eigenvalue weighted by atomic mass is 28.4. The number of rotatable bonds is 7. The molecule has 0 aliphatic heterocycles. The number of hydrogen-bond donors (Lipinski definition) is 0. The summed E-state index contributed by atoms with van der Waals surface area (Å²) >= 11 is 0. The van der Waals surface area contributed by atoms with E-state index in [9.17, 15) is 0 Å². The average molecular weight is 229 g/mol. The number of hydrogen-bond acceptors (Lipinski definition) is 1. The third-order valence-corrected chi connectivity index (χ3v) is 7.85. The summed E-state index contributed by atoms with van der Waals surface area (Å²) in [5.41, 5.74) is 0. The molecule has 2 heteroatoms. The zero-order valence-electron chi connectivity index (χ0n) is 11.5. The lowest BCUT2D eigenvalue weighted by atomic mass is 10.2. The molecule has 0 atom stereocenters. The van der Waals surface area contributed by atoms with Crippen molar-refractivity contribution in [3.63, 3.8) is 0 Å². The van der Waals surface area contributed by atoms with Gasteiger partial charge < -0.3 is 4.43 Å². The molecule has 0 heterocycles. The van der Waals surface area contributed by atoms with Gasteiger partial charge in [-0.2, -0.15) is 0 Å². The summed E-state index contributed by atoms with van der Waals surface area (Å²) in [4.78, 5) is 0. The van der Waals surface area contributed by atoms with Gasteiger partial charge in [0.25, 0.3) is 0 Å². The molecule has 0 saturated heterocycles. The second-order valence-corrected chi connectivity index (χ2v) is 10.6. The van der Waals surface area contributed by atoms with Gasteiger partial charge in [0.15, 0.2) is 8.32 Å². The van der Waals surface area contributed by atoms with E-state index >= 15 is 0 Å². The van der Waals surface area contributed by atoms with E-state index in [2.05, 4.69) is 47.2 Å². The third kappa shape index (κ3) is 6.36. The summed E-state index contributed by atoms with van der Waals surface area (Å²) in [5.74, 6) is 0. The lowest BCUT2D eigenvalue weighted by Crippen LogP contribution is -2.40. The van der Waals surface area contributed by atoms with Crippen LogP contribution in [0.5, 0.6) is 0 Å². The minimum Gasteiger partial charge on any atom is -0.417 e. The van der Waals surface area contributed by atoms with Gasteiger partial charge in [-0.05, 0) is 37.4 Å². The fourth-order valence-corrected chi connectivity index (χ4v) is 2.21. The lowest BCUT2D eigenvalue weighted by Gasteiger charge is -2.36. The van der Waals surface area contributed by atoms with Crippen LogP contribution in [0, 0.1) is 6.42 Å². The molecule has 0 fully saturated rings. The fourth-order valence-electron chi connectivity index (χ4n) is 1.12. The van der Waals surface area contributed by atoms with Crippen LogP contribution in [-0.2, 0) is 4.43 Å². The molecule has 0 aliphatic rings. The molecule has 0 bridgehead atoms. The Morgan fingerprint density at radius 1 is 1.13 bits per heavy atom. The van der Waals surface area contributed by atoms with Crippen molar-refractivity contribution in [3.8, 4) is 0 Å². The zero-order valence-corrected chi connectivity index (χ0v) is 12.5. The first-order valence-corrected chi connectivity index (χ1v) is 9.17. The Balaban J connectivity index is 3.58. The molecule has 0 aromatic rings. The minimum atomic E-state index is -1.49. The van der Waals surface area contributed by atoms with E-state index in [1.165, 1.54) is 25.7 Å². The van der Waals surface area contributed by atoms with Gasteiger partial charge in [0.05, 0.1) is 0 Å². The van der Waals surface area contributed by atoms with Crippen molar-refractivity contribution in [2.75, 3.05) is 6.61 Å². The van der Waals surface area contributed by atoms with Crippen LogP contribution in [0.2, 0.25) is 18.1 Å². The Kier molecular flexibility index (Phi) is 6.77. The van der Waals surface area contributed by atoms with Gasteiger partial charge in [-0.15, -0.1) is 0 Å². The lowest BCUT2D eigenvalue weighted by molar-refractivity contribution is 0.281. The summed E-state index contributed by atoms with van der Waals surface area (Å²) in [6.45, 7) is 14.7. The zero-order chi connectivity index (χ0) is 11.9. The predicted octanol–water partition coefficient (Wildman–Crippen LogP) is 4.79. The van der Waals surface area contributed by atoms with E-state index in [-0.39, 0.29) is 0 Å². The van der Waals surface area contributed by atoms with Crippen molar-refractivity contribution in [1.29, 1.82) is 0 Å². The Morgan fingerprint density at radius 3 is 2.20 bits per heavy atom. The monoisotopic (exact) mass is 229 g/mol. The Hall–Kier alpha value is 0.177. The van der Waals surface area contributed by atoms with Gasteiger partial charge in [-0.1, -0.05) is 40.5 Å². The fraction of sp³-hybridized carbons (Fsp3) is 0.923. The van der Waals surface area contributed by atoms with Gasteiger partial charge >= 0.3 is 0 Å². The summed E-state index contributed by atoms with van der Waals surface area (Å²) in [5, 5.41) is 0.347. The van der Waals surface area contributed by atoms with Crippen molar-refractivity contribution in [3.05, 3.63) is 6.42 Å². The Morgan fingerprint density at radius 2 is 1.73 bits per heavy atom. The summed E-state index contributed by atoms with van der Waals surface area (Å²) in [6, 6.07) is 0. The summed E-state index contributed by atoms with van der Waals surface area (Å²) in [7, 11) is -1.49. The normalized spacial score (nSPS) is 13.2. The molecule has 0 aromatic heterocycles. The van der Waals surface area contributed by atoms with E-state index in [1.807, 2.05) is 0 Å². The molecule has 0 aliphatic carbocycles. The molecular formula is C13H29OSi. The van der Waals surface area contributed by atoms with Crippen LogP contribution in [0.4, 0.5) is 0 Å². The van der Waals surface area contributed by atoms with E-state index < -0.39 is 8.32 Å². The molecule has 0 rings (SSSR count). The molecule has 0 saturated carbocycles.